The lowest BCUT2D eigenvalue weighted by molar-refractivity contribution is 0.303. The van der Waals surface area contributed by atoms with Crippen molar-refractivity contribution in [3.05, 3.63) is 18.0 Å². The van der Waals surface area contributed by atoms with Gasteiger partial charge in [-0.1, -0.05) is 0 Å². The number of hydrogen-bond acceptors (Lipinski definition) is 5. The van der Waals surface area contributed by atoms with Gasteiger partial charge >= 0.3 is 0 Å². The molecule has 0 radical (unpaired) electrons. The lowest BCUT2D eigenvalue weighted by Crippen LogP contribution is -2.23. The molecule has 1 aliphatic rings. The van der Waals surface area contributed by atoms with Crippen LogP contribution in [0.5, 0.6) is 0 Å². The predicted molar refractivity (Wildman–Crippen MR) is 63.1 cm³/mol. The molecule has 1 saturated carbocycles. The molecule has 1 N–H and O–H groups in total. The van der Waals surface area contributed by atoms with E-state index in [1.165, 1.54) is 12.8 Å². The molecule has 90 valence electrons. The predicted octanol–water partition coefficient (Wildman–Crippen LogP) is 0.430. The minimum atomic E-state index is 0.119. The Balaban J connectivity index is 2.01. The molecule has 1 fully saturated rings. The fourth-order valence-corrected chi connectivity index (χ4v) is 1.86. The van der Waals surface area contributed by atoms with Crippen LogP contribution >= 0.6 is 0 Å². The summed E-state index contributed by atoms with van der Waals surface area (Å²) in [6.45, 7) is 0.688. The van der Waals surface area contributed by atoms with Crippen LogP contribution in [0.4, 0.5) is 5.82 Å². The van der Waals surface area contributed by atoms with Gasteiger partial charge in [0.25, 0.3) is 0 Å². The van der Waals surface area contributed by atoms with Crippen LogP contribution in [0.15, 0.2) is 12.1 Å². The zero-order chi connectivity index (χ0) is 11.8. The van der Waals surface area contributed by atoms with Gasteiger partial charge in [0.1, 0.15) is 5.82 Å². The third-order valence-electron chi connectivity index (χ3n) is 3.04. The highest BCUT2D eigenvalue weighted by atomic mass is 16.3. The quantitative estimate of drug-likeness (QED) is 0.829. The molecule has 0 unspecified atom stereocenters. The number of hydrogen-bond donors (Lipinski definition) is 1. The van der Waals surface area contributed by atoms with Crippen molar-refractivity contribution in [1.29, 1.82) is 0 Å². The first kappa shape index (κ1) is 10.5. The molecule has 2 aromatic heterocycles. The number of aromatic nitrogens is 4. The van der Waals surface area contributed by atoms with E-state index in [-0.39, 0.29) is 6.61 Å². The van der Waals surface area contributed by atoms with Crippen molar-refractivity contribution in [2.24, 2.45) is 0 Å². The van der Waals surface area contributed by atoms with Gasteiger partial charge in [0.15, 0.2) is 11.5 Å². The number of anilines is 1. The van der Waals surface area contributed by atoms with E-state index < -0.39 is 0 Å². The summed E-state index contributed by atoms with van der Waals surface area (Å²) in [5.74, 6) is 2.31. The SMILES string of the molecule is CN(CCO)c1ccc2nnc(C3CC3)n2n1. The third kappa shape index (κ3) is 1.84. The van der Waals surface area contributed by atoms with Crippen LogP contribution < -0.4 is 4.90 Å². The van der Waals surface area contributed by atoms with Crippen LogP contribution in [-0.4, -0.2) is 45.1 Å². The van der Waals surface area contributed by atoms with Crippen molar-refractivity contribution in [2.45, 2.75) is 18.8 Å². The fraction of sp³-hybridized carbons (Fsp3) is 0.545. The van der Waals surface area contributed by atoms with Crippen molar-refractivity contribution in [1.82, 2.24) is 19.8 Å². The first-order valence-corrected chi connectivity index (χ1v) is 5.84. The van der Waals surface area contributed by atoms with Crippen LogP contribution in [0.25, 0.3) is 5.65 Å². The third-order valence-corrected chi connectivity index (χ3v) is 3.04. The van der Waals surface area contributed by atoms with E-state index in [0.717, 1.165) is 17.3 Å². The molecule has 0 bridgehead atoms. The lowest BCUT2D eigenvalue weighted by atomic mass is 10.4. The van der Waals surface area contributed by atoms with E-state index in [1.807, 2.05) is 28.6 Å². The second-order valence-corrected chi connectivity index (χ2v) is 4.44. The molecular weight excluding hydrogens is 218 g/mol. The number of aliphatic hydroxyl groups excluding tert-OH is 1. The highest BCUT2D eigenvalue weighted by Crippen LogP contribution is 2.38. The molecule has 6 nitrogen and oxygen atoms in total. The van der Waals surface area contributed by atoms with Crippen molar-refractivity contribution in [2.75, 3.05) is 25.1 Å². The van der Waals surface area contributed by atoms with Crippen LogP contribution in [0.3, 0.4) is 0 Å². The zero-order valence-electron chi connectivity index (χ0n) is 9.74. The van der Waals surface area contributed by atoms with Crippen LogP contribution in [0.2, 0.25) is 0 Å². The molecule has 0 atom stereocenters. The number of rotatable bonds is 4. The smallest absolute Gasteiger partial charge is 0.178 e. The fourth-order valence-electron chi connectivity index (χ4n) is 1.86. The van der Waals surface area contributed by atoms with Gasteiger partial charge in [0.2, 0.25) is 0 Å². The maximum absolute atomic E-state index is 8.92. The van der Waals surface area contributed by atoms with Gasteiger partial charge in [-0.3, -0.25) is 0 Å². The Morgan fingerprint density at radius 1 is 1.41 bits per heavy atom. The number of aliphatic hydroxyl groups is 1. The van der Waals surface area contributed by atoms with Crippen LogP contribution in [0.1, 0.15) is 24.6 Å². The van der Waals surface area contributed by atoms with E-state index in [2.05, 4.69) is 15.3 Å². The van der Waals surface area contributed by atoms with Gasteiger partial charge in [0.05, 0.1) is 6.61 Å². The Bertz CT molecular complexity index is 534. The van der Waals surface area contributed by atoms with Crippen molar-refractivity contribution in [3.63, 3.8) is 0 Å². The topological polar surface area (TPSA) is 66.5 Å². The Kier molecular flexibility index (Phi) is 2.44. The first-order valence-electron chi connectivity index (χ1n) is 5.84. The largest absolute Gasteiger partial charge is 0.395 e. The van der Waals surface area contributed by atoms with Crippen molar-refractivity contribution < 1.29 is 5.11 Å². The second kappa shape index (κ2) is 3.96. The van der Waals surface area contributed by atoms with Gasteiger partial charge in [-0.2, -0.15) is 4.52 Å². The Labute approximate surface area is 98.9 Å². The summed E-state index contributed by atoms with van der Waals surface area (Å²) < 4.78 is 1.82. The number of fused-ring (bicyclic) bond motifs is 1. The average molecular weight is 233 g/mol. The number of nitrogens with zero attached hydrogens (tertiary/aromatic N) is 5. The average Bonchev–Trinajstić information content (AvgIpc) is 3.09. The highest BCUT2D eigenvalue weighted by molar-refractivity contribution is 5.45. The lowest BCUT2D eigenvalue weighted by Gasteiger charge is -2.16. The van der Waals surface area contributed by atoms with Crippen molar-refractivity contribution >= 4 is 11.5 Å². The molecule has 0 aliphatic heterocycles. The maximum Gasteiger partial charge on any atom is 0.178 e. The summed E-state index contributed by atoms with van der Waals surface area (Å²) >= 11 is 0. The molecule has 0 amide bonds. The summed E-state index contributed by atoms with van der Waals surface area (Å²) in [5.41, 5.74) is 0.785. The normalized spacial score (nSPS) is 15.4. The summed E-state index contributed by atoms with van der Waals surface area (Å²) in [7, 11) is 1.91. The second-order valence-electron chi connectivity index (χ2n) is 4.44. The summed E-state index contributed by atoms with van der Waals surface area (Å²) in [4.78, 5) is 1.91. The molecule has 2 aromatic rings. The molecule has 17 heavy (non-hydrogen) atoms. The first-order chi connectivity index (χ1) is 8.29. The molecule has 0 saturated heterocycles. The highest BCUT2D eigenvalue weighted by Gasteiger charge is 2.29. The van der Waals surface area contributed by atoms with Gasteiger partial charge in [0, 0.05) is 19.5 Å². The monoisotopic (exact) mass is 233 g/mol. The van der Waals surface area contributed by atoms with Gasteiger partial charge < -0.3 is 10.0 Å². The summed E-state index contributed by atoms with van der Waals surface area (Å²) in [5, 5.41) is 21.7. The Hall–Kier alpha value is -1.69. The minimum absolute atomic E-state index is 0.119. The molecule has 1 aliphatic carbocycles. The van der Waals surface area contributed by atoms with E-state index in [1.54, 1.807) is 0 Å². The molecule has 3 rings (SSSR count). The molecule has 6 heteroatoms. The van der Waals surface area contributed by atoms with Crippen molar-refractivity contribution in [3.8, 4) is 0 Å². The standard InChI is InChI=1S/C11H15N5O/c1-15(6-7-17)10-5-4-9-12-13-11(8-2-3-8)16(9)14-10/h4-5,8,17H,2-3,6-7H2,1H3. The molecule has 0 spiro atoms. The van der Waals surface area contributed by atoms with Gasteiger partial charge in [-0.05, 0) is 25.0 Å². The van der Waals surface area contributed by atoms with Gasteiger partial charge in [-0.25, -0.2) is 0 Å². The molecular formula is C11H15N5O. The van der Waals surface area contributed by atoms with E-state index in [9.17, 15) is 0 Å². The molecule has 0 aromatic carbocycles. The molecule has 2 heterocycles. The summed E-state index contributed by atoms with van der Waals surface area (Å²) in [6, 6.07) is 3.81. The van der Waals surface area contributed by atoms with Crippen LogP contribution in [0, 0.1) is 0 Å². The maximum atomic E-state index is 8.92. The summed E-state index contributed by atoms with van der Waals surface area (Å²) in [6.07, 6.45) is 2.36. The number of likely N-dealkylation sites (N-methyl/N-ethyl adjacent to an activating group) is 1. The Morgan fingerprint density at radius 3 is 2.94 bits per heavy atom. The Morgan fingerprint density at radius 2 is 2.24 bits per heavy atom. The van der Waals surface area contributed by atoms with E-state index >= 15 is 0 Å². The van der Waals surface area contributed by atoms with E-state index in [0.29, 0.717) is 12.5 Å². The van der Waals surface area contributed by atoms with E-state index in [4.69, 9.17) is 5.11 Å². The zero-order valence-corrected chi connectivity index (χ0v) is 9.74. The minimum Gasteiger partial charge on any atom is -0.395 e. The van der Waals surface area contributed by atoms with Gasteiger partial charge in [-0.15, -0.1) is 15.3 Å². The van der Waals surface area contributed by atoms with Crippen LogP contribution in [-0.2, 0) is 0 Å².